The van der Waals surface area contributed by atoms with Crippen LogP contribution in [0.15, 0.2) is 57.5 Å². The van der Waals surface area contributed by atoms with Gasteiger partial charge in [-0.15, -0.1) is 21.5 Å². The molecule has 0 bridgehead atoms. The van der Waals surface area contributed by atoms with Crippen molar-refractivity contribution >= 4 is 23.1 Å². The molecule has 0 saturated carbocycles. The fourth-order valence-corrected chi connectivity index (χ4v) is 3.66. The van der Waals surface area contributed by atoms with Crippen LogP contribution in [0.5, 0.6) is 0 Å². The average molecular weight is 373 g/mol. The number of halogens is 1. The number of benzene rings is 1. The SMILES string of the molecule is Nn1c(SCc2cc(-c3cccs3)on2)nnc1-c1cccc(F)c1. The van der Waals surface area contributed by atoms with Crippen LogP contribution in [-0.4, -0.2) is 20.0 Å². The molecule has 0 unspecified atom stereocenters. The lowest BCUT2D eigenvalue weighted by atomic mass is 10.2. The van der Waals surface area contributed by atoms with E-state index in [9.17, 15) is 4.39 Å². The van der Waals surface area contributed by atoms with Crippen LogP contribution in [0.25, 0.3) is 22.0 Å². The summed E-state index contributed by atoms with van der Waals surface area (Å²) in [5.74, 6) is 7.37. The maximum Gasteiger partial charge on any atom is 0.210 e. The molecule has 0 aliphatic carbocycles. The maximum absolute atomic E-state index is 13.4. The van der Waals surface area contributed by atoms with E-state index in [1.807, 2.05) is 23.6 Å². The molecule has 1 aromatic carbocycles. The van der Waals surface area contributed by atoms with Gasteiger partial charge in [-0.1, -0.05) is 35.1 Å². The van der Waals surface area contributed by atoms with Crippen molar-refractivity contribution in [2.45, 2.75) is 10.9 Å². The van der Waals surface area contributed by atoms with Crippen LogP contribution in [0.1, 0.15) is 5.69 Å². The number of hydrogen-bond acceptors (Lipinski definition) is 7. The standard InChI is InChI=1S/C16H12FN5OS2/c17-11-4-1-3-10(7-11)15-19-20-16(22(15)18)25-9-12-8-13(23-21-12)14-5-2-6-24-14/h1-8H,9,18H2. The number of nitrogen functional groups attached to an aromatic ring is 1. The molecule has 3 aromatic heterocycles. The van der Waals surface area contributed by atoms with E-state index < -0.39 is 0 Å². The van der Waals surface area contributed by atoms with E-state index in [4.69, 9.17) is 10.4 Å². The van der Waals surface area contributed by atoms with E-state index in [2.05, 4.69) is 15.4 Å². The minimum Gasteiger partial charge on any atom is -0.355 e. The van der Waals surface area contributed by atoms with Crippen molar-refractivity contribution in [2.24, 2.45) is 0 Å². The molecular weight excluding hydrogens is 361 g/mol. The molecular formula is C16H12FN5OS2. The van der Waals surface area contributed by atoms with Gasteiger partial charge in [0.15, 0.2) is 11.6 Å². The first-order valence-electron chi connectivity index (χ1n) is 7.29. The number of thiophene rings is 1. The minimum atomic E-state index is -0.349. The summed E-state index contributed by atoms with van der Waals surface area (Å²) >= 11 is 2.97. The van der Waals surface area contributed by atoms with Crippen LogP contribution in [0.4, 0.5) is 4.39 Å². The van der Waals surface area contributed by atoms with Gasteiger partial charge in [0.25, 0.3) is 0 Å². The fraction of sp³-hybridized carbons (Fsp3) is 0.0625. The highest BCUT2D eigenvalue weighted by molar-refractivity contribution is 7.98. The lowest BCUT2D eigenvalue weighted by Crippen LogP contribution is -2.11. The Labute approximate surface area is 150 Å². The van der Waals surface area contributed by atoms with E-state index in [1.54, 1.807) is 23.5 Å². The summed E-state index contributed by atoms with van der Waals surface area (Å²) < 4.78 is 20.1. The number of rotatable bonds is 5. The molecule has 0 aliphatic heterocycles. The van der Waals surface area contributed by atoms with Crippen molar-refractivity contribution in [3.8, 4) is 22.0 Å². The molecule has 0 fully saturated rings. The minimum absolute atomic E-state index is 0.349. The summed E-state index contributed by atoms with van der Waals surface area (Å²) in [6.45, 7) is 0. The molecule has 3 heterocycles. The second-order valence-corrected chi connectivity index (χ2v) is 7.03. The lowest BCUT2D eigenvalue weighted by molar-refractivity contribution is 0.427. The predicted octanol–water partition coefficient (Wildman–Crippen LogP) is 3.81. The first-order valence-corrected chi connectivity index (χ1v) is 9.16. The highest BCUT2D eigenvalue weighted by Crippen LogP contribution is 2.28. The molecule has 2 N–H and O–H groups in total. The second-order valence-electron chi connectivity index (χ2n) is 5.14. The van der Waals surface area contributed by atoms with Gasteiger partial charge in [-0.25, -0.2) is 9.07 Å². The first-order chi connectivity index (χ1) is 12.2. The van der Waals surface area contributed by atoms with E-state index >= 15 is 0 Å². The fourth-order valence-electron chi connectivity index (χ4n) is 2.25. The highest BCUT2D eigenvalue weighted by Gasteiger charge is 2.14. The largest absolute Gasteiger partial charge is 0.355 e. The average Bonchev–Trinajstić information content (AvgIpc) is 3.34. The third kappa shape index (κ3) is 3.28. The van der Waals surface area contributed by atoms with Crippen molar-refractivity contribution in [1.82, 2.24) is 20.0 Å². The van der Waals surface area contributed by atoms with E-state index in [-0.39, 0.29) is 5.82 Å². The molecule has 0 spiro atoms. The van der Waals surface area contributed by atoms with Gasteiger partial charge < -0.3 is 10.4 Å². The highest BCUT2D eigenvalue weighted by atomic mass is 32.2. The third-order valence-corrected chi connectivity index (χ3v) is 5.28. The molecule has 9 heteroatoms. The number of hydrogen-bond donors (Lipinski definition) is 1. The van der Waals surface area contributed by atoms with Gasteiger partial charge in [-0.05, 0) is 23.6 Å². The monoisotopic (exact) mass is 373 g/mol. The number of nitrogens with zero attached hydrogens (tertiary/aromatic N) is 4. The van der Waals surface area contributed by atoms with Crippen LogP contribution in [0.3, 0.4) is 0 Å². The Morgan fingerprint density at radius 1 is 1.20 bits per heavy atom. The van der Waals surface area contributed by atoms with Crippen LogP contribution in [-0.2, 0) is 5.75 Å². The van der Waals surface area contributed by atoms with E-state index in [0.717, 1.165) is 16.3 Å². The molecule has 0 atom stereocenters. The van der Waals surface area contributed by atoms with Crippen molar-refractivity contribution in [1.29, 1.82) is 0 Å². The van der Waals surface area contributed by atoms with Gasteiger partial charge in [0.2, 0.25) is 5.16 Å². The third-order valence-electron chi connectivity index (χ3n) is 3.42. The van der Waals surface area contributed by atoms with Crippen molar-refractivity contribution < 1.29 is 8.91 Å². The molecule has 0 radical (unpaired) electrons. The van der Waals surface area contributed by atoms with Gasteiger partial charge >= 0.3 is 0 Å². The Bertz CT molecular complexity index is 996. The quantitative estimate of drug-likeness (QED) is 0.423. The summed E-state index contributed by atoms with van der Waals surface area (Å²) in [5.41, 5.74) is 1.35. The first kappa shape index (κ1) is 15.9. The lowest BCUT2D eigenvalue weighted by Gasteiger charge is -2.02. The molecule has 0 aliphatic rings. The van der Waals surface area contributed by atoms with Gasteiger partial charge in [-0.3, -0.25) is 0 Å². The van der Waals surface area contributed by atoms with Crippen LogP contribution >= 0.6 is 23.1 Å². The van der Waals surface area contributed by atoms with Crippen LogP contribution < -0.4 is 5.84 Å². The smallest absolute Gasteiger partial charge is 0.210 e. The molecule has 4 rings (SSSR count). The predicted molar refractivity (Wildman–Crippen MR) is 94.9 cm³/mol. The summed E-state index contributed by atoms with van der Waals surface area (Å²) in [5, 5.41) is 14.7. The van der Waals surface area contributed by atoms with Crippen molar-refractivity contribution in [3.05, 3.63) is 59.4 Å². The zero-order chi connectivity index (χ0) is 17.2. The number of aromatic nitrogens is 4. The normalized spacial score (nSPS) is 11.1. The Balaban J connectivity index is 1.49. The number of thioether (sulfide) groups is 1. The zero-order valence-corrected chi connectivity index (χ0v) is 14.4. The van der Waals surface area contributed by atoms with Gasteiger partial charge in [0.1, 0.15) is 5.82 Å². The summed E-state index contributed by atoms with van der Waals surface area (Å²) in [7, 11) is 0. The number of nitrogens with two attached hydrogens (primary N) is 1. The summed E-state index contributed by atoms with van der Waals surface area (Å²) in [6.07, 6.45) is 0. The van der Waals surface area contributed by atoms with Crippen LogP contribution in [0, 0.1) is 5.82 Å². The van der Waals surface area contributed by atoms with Gasteiger partial charge in [0, 0.05) is 17.4 Å². The Morgan fingerprint density at radius 2 is 2.12 bits per heavy atom. The topological polar surface area (TPSA) is 82.8 Å². The second kappa shape index (κ2) is 6.69. The molecule has 0 amide bonds. The molecule has 6 nitrogen and oxygen atoms in total. The Kier molecular flexibility index (Phi) is 4.24. The van der Waals surface area contributed by atoms with Gasteiger partial charge in [-0.2, -0.15) is 0 Å². The van der Waals surface area contributed by atoms with Gasteiger partial charge in [0.05, 0.1) is 10.6 Å². The Morgan fingerprint density at radius 3 is 2.92 bits per heavy atom. The van der Waals surface area contributed by atoms with Crippen molar-refractivity contribution in [3.63, 3.8) is 0 Å². The maximum atomic E-state index is 13.4. The molecule has 25 heavy (non-hydrogen) atoms. The molecule has 126 valence electrons. The molecule has 0 saturated heterocycles. The Hall–Kier alpha value is -2.65. The van der Waals surface area contributed by atoms with E-state index in [1.165, 1.54) is 28.6 Å². The van der Waals surface area contributed by atoms with Crippen molar-refractivity contribution in [2.75, 3.05) is 5.84 Å². The summed E-state index contributed by atoms with van der Waals surface area (Å²) in [6, 6.07) is 11.9. The molecule has 4 aromatic rings. The summed E-state index contributed by atoms with van der Waals surface area (Å²) in [4.78, 5) is 1.03. The zero-order valence-electron chi connectivity index (χ0n) is 12.8. The van der Waals surface area contributed by atoms with Crippen LogP contribution in [0.2, 0.25) is 0 Å². The van der Waals surface area contributed by atoms with E-state index in [0.29, 0.717) is 22.3 Å².